The second-order valence-electron chi connectivity index (χ2n) is 6.90. The quantitative estimate of drug-likeness (QED) is 0.777. The summed E-state index contributed by atoms with van der Waals surface area (Å²) in [7, 11) is -3.50. The van der Waals surface area contributed by atoms with Crippen LogP contribution in [0.15, 0.2) is 53.9 Å². The SMILES string of the molecule is C=C[C@@H]1CN(S(=O)(=O)c2ccc(C)cc2)CCc2cc(C)c(C)cc21. The van der Waals surface area contributed by atoms with Crippen LogP contribution in [0.1, 0.15) is 33.7 Å². The van der Waals surface area contributed by atoms with Crippen LogP contribution in [0.25, 0.3) is 0 Å². The normalized spacial score (nSPS) is 18.4. The van der Waals surface area contributed by atoms with Gasteiger partial charge in [-0.05, 0) is 61.6 Å². The van der Waals surface area contributed by atoms with E-state index in [1.807, 2.05) is 25.1 Å². The Bertz CT molecular complexity index is 898. The van der Waals surface area contributed by atoms with Crippen molar-refractivity contribution in [3.8, 4) is 0 Å². The molecule has 25 heavy (non-hydrogen) atoms. The first kappa shape index (κ1) is 17.9. The maximum absolute atomic E-state index is 13.1. The number of nitrogens with zero attached hydrogens (tertiary/aromatic N) is 1. The molecule has 0 aliphatic carbocycles. The summed E-state index contributed by atoms with van der Waals surface area (Å²) in [6.45, 7) is 11.0. The summed E-state index contributed by atoms with van der Waals surface area (Å²) < 4.78 is 27.8. The largest absolute Gasteiger partial charge is 0.243 e. The molecule has 2 aromatic carbocycles. The Morgan fingerprint density at radius 2 is 1.72 bits per heavy atom. The fourth-order valence-electron chi connectivity index (χ4n) is 3.39. The molecule has 3 rings (SSSR count). The average Bonchev–Trinajstić information content (AvgIpc) is 2.75. The van der Waals surface area contributed by atoms with Gasteiger partial charge in [0.2, 0.25) is 10.0 Å². The highest BCUT2D eigenvalue weighted by molar-refractivity contribution is 7.89. The third kappa shape index (κ3) is 3.42. The van der Waals surface area contributed by atoms with Crippen LogP contribution in [0.4, 0.5) is 0 Å². The van der Waals surface area contributed by atoms with Gasteiger partial charge >= 0.3 is 0 Å². The molecule has 132 valence electrons. The minimum absolute atomic E-state index is 0.0111. The number of rotatable bonds is 3. The molecule has 1 heterocycles. The Balaban J connectivity index is 1.99. The first-order chi connectivity index (χ1) is 11.8. The van der Waals surface area contributed by atoms with Crippen molar-refractivity contribution in [1.29, 1.82) is 0 Å². The molecule has 0 radical (unpaired) electrons. The van der Waals surface area contributed by atoms with E-state index in [0.29, 0.717) is 18.0 Å². The lowest BCUT2D eigenvalue weighted by molar-refractivity contribution is 0.415. The van der Waals surface area contributed by atoms with Crippen LogP contribution >= 0.6 is 0 Å². The molecule has 0 N–H and O–H groups in total. The molecule has 0 spiro atoms. The minimum Gasteiger partial charge on any atom is -0.207 e. The lowest BCUT2D eigenvalue weighted by atomic mass is 9.90. The highest BCUT2D eigenvalue weighted by atomic mass is 32.2. The predicted molar refractivity (Wildman–Crippen MR) is 102 cm³/mol. The van der Waals surface area contributed by atoms with E-state index in [9.17, 15) is 8.42 Å². The Morgan fingerprint density at radius 1 is 1.08 bits per heavy atom. The monoisotopic (exact) mass is 355 g/mol. The first-order valence-electron chi connectivity index (χ1n) is 8.62. The third-order valence-electron chi connectivity index (χ3n) is 5.13. The number of aryl methyl sites for hydroxylation is 3. The van der Waals surface area contributed by atoms with Crippen molar-refractivity contribution in [3.63, 3.8) is 0 Å². The van der Waals surface area contributed by atoms with Gasteiger partial charge in [0, 0.05) is 19.0 Å². The Hall–Kier alpha value is -1.91. The van der Waals surface area contributed by atoms with Crippen LogP contribution in [0.5, 0.6) is 0 Å². The van der Waals surface area contributed by atoms with Gasteiger partial charge in [-0.2, -0.15) is 4.31 Å². The molecule has 1 aliphatic rings. The highest BCUT2D eigenvalue weighted by Gasteiger charge is 2.30. The molecule has 4 heteroatoms. The van der Waals surface area contributed by atoms with Gasteiger partial charge in [0.05, 0.1) is 4.90 Å². The molecule has 0 bridgehead atoms. The molecule has 0 fully saturated rings. The van der Waals surface area contributed by atoms with Crippen molar-refractivity contribution in [3.05, 3.63) is 76.9 Å². The van der Waals surface area contributed by atoms with Crippen molar-refractivity contribution in [2.24, 2.45) is 0 Å². The first-order valence-corrected chi connectivity index (χ1v) is 10.1. The zero-order chi connectivity index (χ0) is 18.2. The van der Waals surface area contributed by atoms with Crippen molar-refractivity contribution in [2.45, 2.75) is 38.0 Å². The third-order valence-corrected chi connectivity index (χ3v) is 7.01. The summed E-state index contributed by atoms with van der Waals surface area (Å²) >= 11 is 0. The van der Waals surface area contributed by atoms with E-state index >= 15 is 0 Å². The number of benzene rings is 2. The topological polar surface area (TPSA) is 37.4 Å². The molecule has 0 aromatic heterocycles. The van der Waals surface area contributed by atoms with Crippen LogP contribution in [-0.2, 0) is 16.4 Å². The molecular weight excluding hydrogens is 330 g/mol. The maximum atomic E-state index is 13.1. The summed E-state index contributed by atoms with van der Waals surface area (Å²) in [5.41, 5.74) is 5.98. The summed E-state index contributed by atoms with van der Waals surface area (Å²) in [5, 5.41) is 0. The van der Waals surface area contributed by atoms with E-state index in [1.165, 1.54) is 22.3 Å². The van der Waals surface area contributed by atoms with Gasteiger partial charge in [-0.1, -0.05) is 35.9 Å². The molecule has 0 saturated carbocycles. The van der Waals surface area contributed by atoms with Crippen molar-refractivity contribution >= 4 is 10.0 Å². The fraction of sp³-hybridized carbons (Fsp3) is 0.333. The second kappa shape index (κ2) is 6.77. The molecule has 0 amide bonds. The fourth-order valence-corrected chi connectivity index (χ4v) is 4.86. The van der Waals surface area contributed by atoms with Crippen molar-refractivity contribution < 1.29 is 8.42 Å². The van der Waals surface area contributed by atoms with Crippen LogP contribution in [0, 0.1) is 20.8 Å². The standard InChI is InChI=1S/C21H25NO2S/c1-5-18-14-22(25(23,24)20-8-6-15(2)7-9-20)11-10-19-12-16(3)17(4)13-21(18)19/h5-9,12-13,18H,1,10-11,14H2,2-4H3/t18-/m1/s1. The number of hydrogen-bond acceptors (Lipinski definition) is 2. The van der Waals surface area contributed by atoms with E-state index in [2.05, 4.69) is 32.6 Å². The van der Waals surface area contributed by atoms with Crippen LogP contribution in [-0.4, -0.2) is 25.8 Å². The van der Waals surface area contributed by atoms with Crippen molar-refractivity contribution in [2.75, 3.05) is 13.1 Å². The summed E-state index contributed by atoms with van der Waals surface area (Å²) in [4.78, 5) is 0.360. The minimum atomic E-state index is -3.50. The van der Waals surface area contributed by atoms with Crippen LogP contribution in [0.2, 0.25) is 0 Å². The zero-order valence-corrected chi connectivity index (χ0v) is 15.9. The van der Waals surface area contributed by atoms with Gasteiger partial charge in [-0.25, -0.2) is 8.42 Å². The van der Waals surface area contributed by atoms with Gasteiger partial charge in [0.1, 0.15) is 0 Å². The highest BCUT2D eigenvalue weighted by Crippen LogP contribution is 2.31. The Morgan fingerprint density at radius 3 is 2.36 bits per heavy atom. The average molecular weight is 356 g/mol. The smallest absolute Gasteiger partial charge is 0.207 e. The van der Waals surface area contributed by atoms with Gasteiger partial charge in [-0.15, -0.1) is 6.58 Å². The molecule has 0 unspecified atom stereocenters. The number of fused-ring (bicyclic) bond motifs is 1. The second-order valence-corrected chi connectivity index (χ2v) is 8.84. The maximum Gasteiger partial charge on any atom is 0.243 e. The Labute approximate surface area is 151 Å². The molecule has 2 aromatic rings. The van der Waals surface area contributed by atoms with Crippen LogP contribution < -0.4 is 0 Å². The molecule has 0 saturated heterocycles. The van der Waals surface area contributed by atoms with Gasteiger partial charge in [0.15, 0.2) is 0 Å². The zero-order valence-electron chi connectivity index (χ0n) is 15.1. The van der Waals surface area contributed by atoms with Gasteiger partial charge in [0.25, 0.3) is 0 Å². The van der Waals surface area contributed by atoms with Gasteiger partial charge in [-0.3, -0.25) is 0 Å². The van der Waals surface area contributed by atoms with E-state index in [-0.39, 0.29) is 5.92 Å². The predicted octanol–water partition coefficient (Wildman–Crippen LogP) is 4.13. The van der Waals surface area contributed by atoms with Crippen LogP contribution in [0.3, 0.4) is 0 Å². The van der Waals surface area contributed by atoms with E-state index in [1.54, 1.807) is 16.4 Å². The molecule has 1 atom stereocenters. The van der Waals surface area contributed by atoms with E-state index < -0.39 is 10.0 Å². The van der Waals surface area contributed by atoms with E-state index in [0.717, 1.165) is 12.0 Å². The number of sulfonamides is 1. The van der Waals surface area contributed by atoms with Gasteiger partial charge < -0.3 is 0 Å². The van der Waals surface area contributed by atoms with E-state index in [4.69, 9.17) is 0 Å². The number of hydrogen-bond donors (Lipinski definition) is 0. The molecule has 1 aliphatic heterocycles. The lowest BCUT2D eigenvalue weighted by Gasteiger charge is -2.23. The summed E-state index contributed by atoms with van der Waals surface area (Å²) in [6, 6.07) is 11.5. The molecule has 3 nitrogen and oxygen atoms in total. The lowest BCUT2D eigenvalue weighted by Crippen LogP contribution is -2.34. The Kier molecular flexibility index (Phi) is 4.85. The molecular formula is C21H25NO2S. The summed E-state index contributed by atoms with van der Waals surface area (Å²) in [6.07, 6.45) is 2.60. The summed E-state index contributed by atoms with van der Waals surface area (Å²) in [5.74, 6) is 0.0111. The van der Waals surface area contributed by atoms with Crippen molar-refractivity contribution in [1.82, 2.24) is 4.31 Å².